The second-order valence-electron chi connectivity index (χ2n) is 10.6. The van der Waals surface area contributed by atoms with Gasteiger partial charge in [-0.1, -0.05) is 33.3 Å². The summed E-state index contributed by atoms with van der Waals surface area (Å²) in [7, 11) is 1.88. The Hall–Kier alpha value is -1.96. The first kappa shape index (κ1) is 37.1. The molecule has 0 fully saturated rings. The van der Waals surface area contributed by atoms with Gasteiger partial charge >= 0.3 is 6.18 Å². The SMILES string of the molecule is Cc1ccc(C=N)cn1.[CH-]=C(CCN(C)C1CCc2c1n[nH]c(=O)c2C(F)(F)F)N(CCC)CCCC(C)CC.[U]. The third-order valence-corrected chi connectivity index (χ3v) is 7.46. The molecule has 2 aromatic heterocycles. The van der Waals surface area contributed by atoms with Crippen molar-refractivity contribution in [3.05, 3.63) is 69.0 Å². The Balaban J connectivity index is 0.000000714. The molecule has 0 aliphatic heterocycles. The molecule has 2 unspecified atom stereocenters. The fraction of sp³-hybridized carbons (Fsp3) is 0.600. The Morgan fingerprint density at radius 3 is 2.54 bits per heavy atom. The number of halogens is 3. The smallest absolute Gasteiger partial charge is 0.422 e. The molecular formula is C30H44F3N6OU-. The molecule has 0 spiro atoms. The van der Waals surface area contributed by atoms with E-state index in [2.05, 4.69) is 35.8 Å². The number of hydrogen-bond acceptors (Lipinski definition) is 6. The molecule has 3 rings (SSSR count). The minimum absolute atomic E-state index is 0. The van der Waals surface area contributed by atoms with Crippen LogP contribution in [0.2, 0.25) is 0 Å². The van der Waals surface area contributed by atoms with Gasteiger partial charge in [-0.15, -0.1) is 0 Å². The summed E-state index contributed by atoms with van der Waals surface area (Å²) in [6.07, 6.45) is 4.09. The van der Waals surface area contributed by atoms with Crippen LogP contribution in [0, 0.1) is 55.9 Å². The van der Waals surface area contributed by atoms with E-state index in [1.54, 1.807) is 6.20 Å². The quantitative estimate of drug-likeness (QED) is 0.183. The topological polar surface area (TPSA) is 89.0 Å². The summed E-state index contributed by atoms with van der Waals surface area (Å²) in [5, 5.41) is 12.9. The number of aryl methyl sites for hydroxylation is 1. The predicted molar refractivity (Wildman–Crippen MR) is 153 cm³/mol. The van der Waals surface area contributed by atoms with E-state index in [9.17, 15) is 18.0 Å². The molecule has 0 aromatic carbocycles. The molecule has 0 bridgehead atoms. The maximum Gasteiger partial charge on any atom is 0.422 e. The van der Waals surface area contributed by atoms with Gasteiger partial charge in [0.1, 0.15) is 5.56 Å². The van der Waals surface area contributed by atoms with Crippen LogP contribution >= 0.6 is 0 Å². The van der Waals surface area contributed by atoms with Crippen LogP contribution in [-0.4, -0.2) is 57.9 Å². The average molecular weight is 800 g/mol. The Kier molecular flexibility index (Phi) is 16.2. The van der Waals surface area contributed by atoms with E-state index in [0.29, 0.717) is 31.0 Å². The number of pyridine rings is 1. The van der Waals surface area contributed by atoms with Crippen molar-refractivity contribution in [3.8, 4) is 0 Å². The van der Waals surface area contributed by atoms with Gasteiger partial charge in [0.15, 0.2) is 0 Å². The largest absolute Gasteiger partial charge is 0.493 e. The molecule has 0 amide bonds. The molecule has 0 saturated heterocycles. The normalized spacial score (nSPS) is 14.9. The number of fused-ring (bicyclic) bond motifs is 1. The first-order chi connectivity index (χ1) is 18.9. The van der Waals surface area contributed by atoms with Gasteiger partial charge in [0, 0.05) is 74.4 Å². The minimum Gasteiger partial charge on any atom is -0.493 e. The standard InChI is InChI=1S/C23H36F3N4O.C7H8N2.U/c1-6-13-30(14-8-9-16(3)7-2)17(4)12-15-29(5)19-11-10-18-20(23(24,25)26)22(31)28-27-21(18)19;1-6-2-3-7(4-8)5-9-6;/h4,16,19H,6-15H2,1-3,5H3,(H,28,31);2-5,8H,1H3;/q-1;;. The number of nitrogens with one attached hydrogen (secondary N) is 2. The third kappa shape index (κ3) is 11.3. The van der Waals surface area contributed by atoms with Crippen LogP contribution in [0.4, 0.5) is 13.2 Å². The zero-order chi connectivity index (χ0) is 29.9. The van der Waals surface area contributed by atoms with Gasteiger partial charge in [-0.25, -0.2) is 5.10 Å². The maximum atomic E-state index is 13.3. The van der Waals surface area contributed by atoms with Crippen LogP contribution in [0.25, 0.3) is 0 Å². The minimum atomic E-state index is -4.68. The number of H-pyrrole nitrogens is 1. The molecule has 0 saturated carbocycles. The van der Waals surface area contributed by atoms with E-state index in [1.807, 2.05) is 36.1 Å². The Bertz CT molecular complexity index is 1150. The maximum absolute atomic E-state index is 13.3. The van der Waals surface area contributed by atoms with Gasteiger partial charge in [-0.3, -0.25) is 14.7 Å². The molecule has 41 heavy (non-hydrogen) atoms. The molecule has 0 radical (unpaired) electrons. The van der Waals surface area contributed by atoms with E-state index >= 15 is 0 Å². The van der Waals surface area contributed by atoms with Gasteiger partial charge < -0.3 is 16.9 Å². The fourth-order valence-electron chi connectivity index (χ4n) is 4.85. The fourth-order valence-corrected chi connectivity index (χ4v) is 4.85. The van der Waals surface area contributed by atoms with Crippen LogP contribution in [0.3, 0.4) is 0 Å². The monoisotopic (exact) mass is 799 g/mol. The first-order valence-electron chi connectivity index (χ1n) is 14.1. The molecule has 11 heteroatoms. The molecule has 2 N–H and O–H groups in total. The van der Waals surface area contributed by atoms with Crippen LogP contribution in [0.1, 0.15) is 93.4 Å². The molecule has 2 aromatic rings. The second-order valence-corrected chi connectivity index (χ2v) is 10.6. The predicted octanol–water partition coefficient (Wildman–Crippen LogP) is 6.34. The summed E-state index contributed by atoms with van der Waals surface area (Å²) in [6.45, 7) is 17.4. The van der Waals surface area contributed by atoms with E-state index in [1.165, 1.54) is 19.1 Å². The number of hydrogen-bond donors (Lipinski definition) is 2. The van der Waals surface area contributed by atoms with Crippen LogP contribution in [-0.2, 0) is 12.6 Å². The van der Waals surface area contributed by atoms with Crippen molar-refractivity contribution in [2.75, 3.05) is 26.7 Å². The van der Waals surface area contributed by atoms with Crippen molar-refractivity contribution in [3.63, 3.8) is 0 Å². The Labute approximate surface area is 266 Å². The Morgan fingerprint density at radius 1 is 1.27 bits per heavy atom. The molecule has 7 nitrogen and oxygen atoms in total. The number of rotatable bonds is 13. The van der Waals surface area contributed by atoms with Gasteiger partial charge in [-0.05, 0) is 70.0 Å². The van der Waals surface area contributed by atoms with Gasteiger partial charge in [0.05, 0.1) is 11.7 Å². The molecule has 2 atom stereocenters. The van der Waals surface area contributed by atoms with Crippen molar-refractivity contribution in [1.29, 1.82) is 5.41 Å². The number of aromatic amines is 1. The summed E-state index contributed by atoms with van der Waals surface area (Å²) < 4.78 is 40.0. The zero-order valence-corrected chi connectivity index (χ0v) is 29.1. The van der Waals surface area contributed by atoms with Gasteiger partial charge in [0.25, 0.3) is 5.56 Å². The van der Waals surface area contributed by atoms with Crippen molar-refractivity contribution < 1.29 is 44.3 Å². The summed E-state index contributed by atoms with van der Waals surface area (Å²) in [4.78, 5) is 19.9. The molecule has 2 heterocycles. The zero-order valence-electron chi connectivity index (χ0n) is 24.9. The average Bonchev–Trinajstić information content (AvgIpc) is 3.34. The van der Waals surface area contributed by atoms with Gasteiger partial charge in [0.2, 0.25) is 0 Å². The molecule has 226 valence electrons. The molecule has 1 aliphatic carbocycles. The second kappa shape index (κ2) is 17.9. The van der Waals surface area contributed by atoms with Crippen LogP contribution in [0.15, 0.2) is 28.8 Å². The summed E-state index contributed by atoms with van der Waals surface area (Å²) in [6, 6.07) is 3.50. The van der Waals surface area contributed by atoms with Crippen molar-refractivity contribution in [2.24, 2.45) is 5.92 Å². The summed E-state index contributed by atoms with van der Waals surface area (Å²) >= 11 is 0. The summed E-state index contributed by atoms with van der Waals surface area (Å²) in [5.74, 6) is 0.707. The van der Waals surface area contributed by atoms with Gasteiger partial charge in [-0.2, -0.15) is 24.0 Å². The first-order valence-corrected chi connectivity index (χ1v) is 14.1. The number of aromatic nitrogens is 3. The van der Waals surface area contributed by atoms with Crippen molar-refractivity contribution in [2.45, 2.75) is 84.9 Å². The van der Waals surface area contributed by atoms with Crippen LogP contribution in [0.5, 0.6) is 0 Å². The van der Waals surface area contributed by atoms with E-state index in [4.69, 9.17) is 12.0 Å². The Morgan fingerprint density at radius 2 is 1.98 bits per heavy atom. The molecule has 1 aliphatic rings. The van der Waals surface area contributed by atoms with E-state index in [0.717, 1.165) is 42.9 Å². The number of alkyl halides is 3. The van der Waals surface area contributed by atoms with E-state index < -0.39 is 17.3 Å². The van der Waals surface area contributed by atoms with Crippen molar-refractivity contribution >= 4 is 6.21 Å². The van der Waals surface area contributed by atoms with Crippen molar-refractivity contribution in [1.82, 2.24) is 25.0 Å². The molecular weight excluding hydrogens is 755 g/mol. The number of nitrogens with zero attached hydrogens (tertiary/aromatic N) is 4. The third-order valence-electron chi connectivity index (χ3n) is 7.46. The summed E-state index contributed by atoms with van der Waals surface area (Å²) in [5.41, 5.74) is 0.743. The van der Waals surface area contributed by atoms with Crippen LogP contribution < -0.4 is 5.56 Å². The van der Waals surface area contributed by atoms with E-state index in [-0.39, 0.29) is 49.1 Å².